The maximum Gasteiger partial charge on any atom is 0.321 e. The van der Waals surface area contributed by atoms with E-state index in [9.17, 15) is 9.59 Å². The minimum Gasteiger partial charge on any atom is -0.377 e. The van der Waals surface area contributed by atoms with E-state index in [1.165, 1.54) is 4.88 Å². The minimum atomic E-state index is -0.497. The van der Waals surface area contributed by atoms with E-state index in [0.717, 1.165) is 19.4 Å². The van der Waals surface area contributed by atoms with Crippen LogP contribution < -0.4 is 10.6 Å². The molecule has 126 valence electrons. The topological polar surface area (TPSA) is 70.7 Å². The van der Waals surface area contributed by atoms with Crippen LogP contribution in [0.15, 0.2) is 30.2 Å². The Labute approximate surface area is 140 Å². The van der Waals surface area contributed by atoms with E-state index >= 15 is 0 Å². The average molecular weight is 337 g/mol. The number of carbonyl (C=O) groups excluding carboxylic acids is 2. The molecule has 1 saturated heterocycles. The molecule has 0 radical (unpaired) electrons. The Hall–Kier alpha value is -1.70. The first-order chi connectivity index (χ1) is 11.2. The van der Waals surface area contributed by atoms with E-state index in [-0.39, 0.29) is 18.6 Å². The fraction of sp³-hybridized carbons (Fsp3) is 0.500. The van der Waals surface area contributed by atoms with Gasteiger partial charge in [-0.2, -0.15) is 0 Å². The molecule has 7 heteroatoms. The molecule has 0 spiro atoms. The molecule has 1 aliphatic rings. The normalized spacial score (nSPS) is 17.2. The van der Waals surface area contributed by atoms with Crippen LogP contribution in [0.3, 0.4) is 0 Å². The van der Waals surface area contributed by atoms with Gasteiger partial charge in [-0.3, -0.25) is 15.0 Å². The molecule has 0 aliphatic carbocycles. The van der Waals surface area contributed by atoms with Crippen LogP contribution in [0.4, 0.5) is 4.79 Å². The van der Waals surface area contributed by atoms with Gasteiger partial charge in [-0.15, -0.1) is 17.9 Å². The molecule has 2 heterocycles. The number of hydrogen-bond donors (Lipinski definition) is 2. The summed E-state index contributed by atoms with van der Waals surface area (Å²) in [4.78, 5) is 26.8. The van der Waals surface area contributed by atoms with Crippen LogP contribution in [0.5, 0.6) is 0 Å². The van der Waals surface area contributed by atoms with Crippen molar-refractivity contribution >= 4 is 23.3 Å². The standard InChI is InChI=1S/C16H23N3O3S/c1-2-7-17-16(21)18-15(20)12-19(10-13-5-3-8-22-13)11-14-6-4-9-23-14/h2,4,6,9,13H,1,3,5,7-8,10-12H2,(H2,17,18,20,21). The molecule has 1 aromatic heterocycles. The van der Waals surface area contributed by atoms with Crippen LogP contribution in [-0.4, -0.2) is 49.2 Å². The van der Waals surface area contributed by atoms with Crippen molar-refractivity contribution in [3.05, 3.63) is 35.0 Å². The Morgan fingerprint density at radius 3 is 3.04 bits per heavy atom. The second-order valence-corrected chi connectivity index (χ2v) is 6.46. The molecule has 1 aromatic rings. The van der Waals surface area contributed by atoms with Crippen LogP contribution in [-0.2, 0) is 16.1 Å². The molecule has 3 amide bonds. The zero-order chi connectivity index (χ0) is 16.5. The highest BCUT2D eigenvalue weighted by Gasteiger charge is 2.21. The van der Waals surface area contributed by atoms with Gasteiger partial charge in [0.25, 0.3) is 0 Å². The summed E-state index contributed by atoms with van der Waals surface area (Å²) >= 11 is 1.66. The van der Waals surface area contributed by atoms with Gasteiger partial charge in [-0.05, 0) is 24.3 Å². The van der Waals surface area contributed by atoms with Gasteiger partial charge in [0.15, 0.2) is 0 Å². The first kappa shape index (κ1) is 17.7. The van der Waals surface area contributed by atoms with Gasteiger partial charge in [0.05, 0.1) is 12.6 Å². The van der Waals surface area contributed by atoms with E-state index in [1.807, 2.05) is 22.4 Å². The molecule has 1 unspecified atom stereocenters. The molecule has 6 nitrogen and oxygen atoms in total. The summed E-state index contributed by atoms with van der Waals surface area (Å²) in [7, 11) is 0. The lowest BCUT2D eigenvalue weighted by molar-refractivity contribution is -0.121. The van der Waals surface area contributed by atoms with E-state index in [4.69, 9.17) is 4.74 Å². The third kappa shape index (κ3) is 6.52. The number of thiophene rings is 1. The molecule has 1 fully saturated rings. The molecule has 1 atom stereocenters. The number of carbonyl (C=O) groups is 2. The van der Waals surface area contributed by atoms with Crippen molar-refractivity contribution in [2.24, 2.45) is 0 Å². The average Bonchev–Trinajstić information content (AvgIpc) is 3.18. The number of nitrogens with zero attached hydrogens (tertiary/aromatic N) is 1. The molecule has 0 saturated carbocycles. The number of nitrogens with one attached hydrogen (secondary N) is 2. The molecule has 2 rings (SSSR count). The Morgan fingerprint density at radius 1 is 1.52 bits per heavy atom. The Kier molecular flexibility index (Phi) is 7.25. The van der Waals surface area contributed by atoms with Gasteiger partial charge >= 0.3 is 6.03 Å². The molecule has 0 aromatic carbocycles. The van der Waals surface area contributed by atoms with E-state index < -0.39 is 6.03 Å². The maximum absolute atomic E-state index is 12.1. The highest BCUT2D eigenvalue weighted by molar-refractivity contribution is 7.09. The highest BCUT2D eigenvalue weighted by Crippen LogP contribution is 2.16. The first-order valence-corrected chi connectivity index (χ1v) is 8.60. The smallest absolute Gasteiger partial charge is 0.321 e. The molecule has 0 bridgehead atoms. The predicted octanol–water partition coefficient (Wildman–Crippen LogP) is 1.74. The van der Waals surface area contributed by atoms with Gasteiger partial charge in [0, 0.05) is 31.1 Å². The van der Waals surface area contributed by atoms with E-state index in [2.05, 4.69) is 17.2 Å². The zero-order valence-corrected chi connectivity index (χ0v) is 13.9. The highest BCUT2D eigenvalue weighted by atomic mass is 32.1. The number of rotatable bonds is 8. The summed E-state index contributed by atoms with van der Waals surface area (Å²) in [5, 5.41) is 6.88. The Morgan fingerprint density at radius 2 is 2.39 bits per heavy atom. The second-order valence-electron chi connectivity index (χ2n) is 5.43. The summed E-state index contributed by atoms with van der Waals surface area (Å²) < 4.78 is 5.66. The van der Waals surface area contributed by atoms with Gasteiger partial charge in [0.2, 0.25) is 5.91 Å². The van der Waals surface area contributed by atoms with Crippen LogP contribution in [0, 0.1) is 0 Å². The minimum absolute atomic E-state index is 0.164. The lowest BCUT2D eigenvalue weighted by atomic mass is 10.2. The maximum atomic E-state index is 12.1. The Balaban J connectivity index is 1.86. The third-order valence-corrected chi connectivity index (χ3v) is 4.33. The Bertz CT molecular complexity index is 513. The summed E-state index contributed by atoms with van der Waals surface area (Å²) in [6, 6.07) is 3.54. The van der Waals surface area contributed by atoms with E-state index in [1.54, 1.807) is 17.4 Å². The number of hydrogen-bond acceptors (Lipinski definition) is 5. The van der Waals surface area contributed by atoms with Crippen LogP contribution in [0.1, 0.15) is 17.7 Å². The fourth-order valence-electron chi connectivity index (χ4n) is 2.46. The van der Waals surface area contributed by atoms with Crippen molar-refractivity contribution < 1.29 is 14.3 Å². The summed E-state index contributed by atoms with van der Waals surface area (Å²) in [6.07, 6.45) is 3.80. The number of imide groups is 1. The van der Waals surface area contributed by atoms with Crippen LogP contribution in [0.25, 0.3) is 0 Å². The van der Waals surface area contributed by atoms with Crippen molar-refractivity contribution in [2.75, 3.05) is 26.2 Å². The lowest BCUT2D eigenvalue weighted by Crippen LogP contribution is -2.45. The largest absolute Gasteiger partial charge is 0.377 e. The molecule has 23 heavy (non-hydrogen) atoms. The molecular weight excluding hydrogens is 314 g/mol. The second kappa shape index (κ2) is 9.44. The first-order valence-electron chi connectivity index (χ1n) is 7.72. The number of urea groups is 1. The van der Waals surface area contributed by atoms with Crippen molar-refractivity contribution in [1.82, 2.24) is 15.5 Å². The van der Waals surface area contributed by atoms with Crippen LogP contribution in [0.2, 0.25) is 0 Å². The molecular formula is C16H23N3O3S. The van der Waals surface area contributed by atoms with Crippen molar-refractivity contribution in [3.8, 4) is 0 Å². The van der Waals surface area contributed by atoms with Gasteiger partial charge in [-0.1, -0.05) is 12.1 Å². The van der Waals surface area contributed by atoms with E-state index in [0.29, 0.717) is 19.6 Å². The van der Waals surface area contributed by atoms with Crippen molar-refractivity contribution in [2.45, 2.75) is 25.5 Å². The summed E-state index contributed by atoms with van der Waals surface area (Å²) in [5.74, 6) is -0.318. The SMILES string of the molecule is C=CCNC(=O)NC(=O)CN(Cc1cccs1)CC1CCCO1. The fourth-order valence-corrected chi connectivity index (χ4v) is 3.21. The molecule has 1 aliphatic heterocycles. The predicted molar refractivity (Wildman–Crippen MR) is 90.3 cm³/mol. The molecule has 2 N–H and O–H groups in total. The van der Waals surface area contributed by atoms with Crippen molar-refractivity contribution in [1.29, 1.82) is 0 Å². The zero-order valence-electron chi connectivity index (χ0n) is 13.1. The van der Waals surface area contributed by atoms with Crippen molar-refractivity contribution in [3.63, 3.8) is 0 Å². The van der Waals surface area contributed by atoms with Crippen LogP contribution >= 0.6 is 11.3 Å². The van der Waals surface area contributed by atoms with Gasteiger partial charge in [-0.25, -0.2) is 4.79 Å². The van der Waals surface area contributed by atoms with Gasteiger partial charge in [0.1, 0.15) is 0 Å². The van der Waals surface area contributed by atoms with Gasteiger partial charge < -0.3 is 10.1 Å². The third-order valence-electron chi connectivity index (χ3n) is 3.47. The quantitative estimate of drug-likeness (QED) is 0.709. The lowest BCUT2D eigenvalue weighted by Gasteiger charge is -2.24. The summed E-state index contributed by atoms with van der Waals surface area (Å²) in [6.45, 7) is 6.16. The monoisotopic (exact) mass is 337 g/mol. The summed E-state index contributed by atoms with van der Waals surface area (Å²) in [5.41, 5.74) is 0. The number of ether oxygens (including phenoxy) is 1. The number of amides is 3.